The number of hydrogen-bond donors (Lipinski definition) is 1. The second-order valence-corrected chi connectivity index (χ2v) is 6.07. The van der Waals surface area contributed by atoms with Crippen LogP contribution in [0.1, 0.15) is 58.3 Å². The van der Waals surface area contributed by atoms with Gasteiger partial charge in [-0.25, -0.2) is 0 Å². The van der Waals surface area contributed by atoms with Crippen LogP contribution in [0.15, 0.2) is 0 Å². The van der Waals surface area contributed by atoms with Gasteiger partial charge in [-0.15, -0.1) is 5.92 Å². The quantitative estimate of drug-likeness (QED) is 0.241. The van der Waals surface area contributed by atoms with Gasteiger partial charge in [-0.1, -0.05) is 38.5 Å². The van der Waals surface area contributed by atoms with Gasteiger partial charge in [0.25, 0.3) is 0 Å². The molecule has 0 aliphatic carbocycles. The summed E-state index contributed by atoms with van der Waals surface area (Å²) >= 11 is 6.22. The van der Waals surface area contributed by atoms with E-state index in [0.717, 1.165) is 18.1 Å². The average molecular weight is 302 g/mol. The van der Waals surface area contributed by atoms with Crippen LogP contribution in [0.4, 0.5) is 0 Å². The van der Waals surface area contributed by atoms with Gasteiger partial charge >= 0.3 is 0 Å². The SMILES string of the molecule is CCCCCN(CS)CCCCCCC#CCSC. The first kappa shape index (κ1) is 19.2. The summed E-state index contributed by atoms with van der Waals surface area (Å²) in [5.74, 6) is 8.30. The maximum absolute atomic E-state index is 4.41. The van der Waals surface area contributed by atoms with Crippen molar-refractivity contribution < 1.29 is 0 Å². The van der Waals surface area contributed by atoms with Crippen molar-refractivity contribution in [2.24, 2.45) is 0 Å². The topological polar surface area (TPSA) is 3.24 Å². The normalized spacial score (nSPS) is 10.5. The maximum Gasteiger partial charge on any atom is 0.0544 e. The minimum absolute atomic E-state index is 0.907. The highest BCUT2D eigenvalue weighted by Gasteiger charge is 2.01. The van der Waals surface area contributed by atoms with Crippen molar-refractivity contribution in [3.05, 3.63) is 0 Å². The van der Waals surface area contributed by atoms with Crippen molar-refractivity contribution in [3.8, 4) is 11.8 Å². The fourth-order valence-corrected chi connectivity index (χ4v) is 2.48. The Labute approximate surface area is 130 Å². The predicted molar refractivity (Wildman–Crippen MR) is 94.2 cm³/mol. The Hall–Kier alpha value is 0.220. The van der Waals surface area contributed by atoms with Gasteiger partial charge < -0.3 is 0 Å². The van der Waals surface area contributed by atoms with E-state index in [1.54, 1.807) is 11.8 Å². The molecule has 0 saturated heterocycles. The van der Waals surface area contributed by atoms with E-state index >= 15 is 0 Å². The number of unbranched alkanes of at least 4 members (excludes halogenated alkanes) is 6. The second-order valence-electron chi connectivity index (χ2n) is 4.92. The number of thiol groups is 1. The molecule has 0 bridgehead atoms. The van der Waals surface area contributed by atoms with E-state index in [4.69, 9.17) is 0 Å². The molecule has 0 N–H and O–H groups in total. The largest absolute Gasteiger partial charge is 0.294 e. The summed E-state index contributed by atoms with van der Waals surface area (Å²) in [5.41, 5.74) is 0. The summed E-state index contributed by atoms with van der Waals surface area (Å²) in [6, 6.07) is 0. The second kappa shape index (κ2) is 16.3. The molecule has 3 heteroatoms. The molecule has 0 aromatic rings. The molecule has 0 radical (unpaired) electrons. The lowest BCUT2D eigenvalue weighted by atomic mass is 10.1. The molecule has 0 aromatic carbocycles. The van der Waals surface area contributed by atoms with E-state index in [1.807, 2.05) is 0 Å². The molecule has 1 nitrogen and oxygen atoms in total. The summed E-state index contributed by atoms with van der Waals surface area (Å²) < 4.78 is 0. The standard InChI is InChI=1S/C16H31NS2/c1-3-4-10-13-17(16-18)14-11-8-6-5-7-9-12-15-19-2/h18H,3-8,10-11,13-16H2,1-2H3. The lowest BCUT2D eigenvalue weighted by molar-refractivity contribution is 0.305. The Morgan fingerprint density at radius 1 is 0.947 bits per heavy atom. The summed E-state index contributed by atoms with van der Waals surface area (Å²) in [5, 5.41) is 0. The van der Waals surface area contributed by atoms with Crippen molar-refractivity contribution in [2.75, 3.05) is 31.0 Å². The molecule has 0 unspecified atom stereocenters. The van der Waals surface area contributed by atoms with Crippen molar-refractivity contribution in [3.63, 3.8) is 0 Å². The third-order valence-corrected chi connectivity index (χ3v) is 3.98. The van der Waals surface area contributed by atoms with Crippen LogP contribution in [-0.2, 0) is 0 Å². The van der Waals surface area contributed by atoms with Crippen molar-refractivity contribution in [1.29, 1.82) is 0 Å². The van der Waals surface area contributed by atoms with Crippen molar-refractivity contribution in [2.45, 2.75) is 58.3 Å². The highest BCUT2D eigenvalue weighted by molar-refractivity contribution is 7.98. The highest BCUT2D eigenvalue weighted by Crippen LogP contribution is 2.06. The molecule has 0 atom stereocenters. The fourth-order valence-electron chi connectivity index (χ4n) is 1.95. The molecule has 0 aliphatic heterocycles. The lowest BCUT2D eigenvalue weighted by Gasteiger charge is -2.19. The number of thioether (sulfide) groups is 1. The zero-order valence-electron chi connectivity index (χ0n) is 12.8. The van der Waals surface area contributed by atoms with Crippen LogP contribution in [0.5, 0.6) is 0 Å². The van der Waals surface area contributed by atoms with E-state index in [2.05, 4.69) is 42.5 Å². The number of nitrogens with zero attached hydrogens (tertiary/aromatic N) is 1. The van der Waals surface area contributed by atoms with E-state index < -0.39 is 0 Å². The van der Waals surface area contributed by atoms with Crippen LogP contribution in [-0.4, -0.2) is 35.9 Å². The minimum atomic E-state index is 0.907. The smallest absolute Gasteiger partial charge is 0.0544 e. The zero-order chi connectivity index (χ0) is 14.2. The first-order chi connectivity index (χ1) is 9.35. The van der Waals surface area contributed by atoms with Crippen LogP contribution in [0.2, 0.25) is 0 Å². The Morgan fingerprint density at radius 3 is 2.26 bits per heavy atom. The van der Waals surface area contributed by atoms with Gasteiger partial charge in [0, 0.05) is 12.3 Å². The Balaban J connectivity index is 3.34. The van der Waals surface area contributed by atoms with Gasteiger partial charge in [0.2, 0.25) is 0 Å². The summed E-state index contributed by atoms with van der Waals surface area (Å²) in [6.45, 7) is 4.69. The molecule has 112 valence electrons. The van der Waals surface area contributed by atoms with Crippen molar-refractivity contribution in [1.82, 2.24) is 4.90 Å². The summed E-state index contributed by atoms with van der Waals surface area (Å²) in [4.78, 5) is 2.47. The minimum Gasteiger partial charge on any atom is -0.294 e. The van der Waals surface area contributed by atoms with E-state index in [0.29, 0.717) is 0 Å². The molecule has 0 aliphatic rings. The van der Waals surface area contributed by atoms with Crippen LogP contribution in [0.3, 0.4) is 0 Å². The predicted octanol–water partition coefficient (Wildman–Crippen LogP) is 4.68. The van der Waals surface area contributed by atoms with Crippen LogP contribution < -0.4 is 0 Å². The first-order valence-corrected chi connectivity index (χ1v) is 9.65. The zero-order valence-corrected chi connectivity index (χ0v) is 14.5. The molecular weight excluding hydrogens is 270 g/mol. The lowest BCUT2D eigenvalue weighted by Crippen LogP contribution is -2.24. The highest BCUT2D eigenvalue weighted by atomic mass is 32.2. The van der Waals surface area contributed by atoms with Crippen LogP contribution in [0, 0.1) is 11.8 Å². The third kappa shape index (κ3) is 14.4. The third-order valence-electron chi connectivity index (χ3n) is 3.15. The molecule has 0 amide bonds. The number of rotatable bonds is 12. The Morgan fingerprint density at radius 2 is 1.63 bits per heavy atom. The summed E-state index contributed by atoms with van der Waals surface area (Å²) in [6.07, 6.45) is 12.4. The van der Waals surface area contributed by atoms with Gasteiger partial charge in [-0.2, -0.15) is 24.4 Å². The number of hydrogen-bond acceptors (Lipinski definition) is 3. The fraction of sp³-hybridized carbons (Fsp3) is 0.875. The van der Waals surface area contributed by atoms with Crippen LogP contribution >= 0.6 is 24.4 Å². The van der Waals surface area contributed by atoms with Gasteiger partial charge in [0.05, 0.1) is 5.75 Å². The average Bonchev–Trinajstić information content (AvgIpc) is 2.43. The maximum atomic E-state index is 4.41. The van der Waals surface area contributed by atoms with E-state index in [9.17, 15) is 0 Å². The molecule has 19 heavy (non-hydrogen) atoms. The monoisotopic (exact) mass is 301 g/mol. The van der Waals surface area contributed by atoms with Gasteiger partial charge in [-0.05, 0) is 38.6 Å². The first-order valence-electron chi connectivity index (χ1n) is 7.63. The molecule has 0 spiro atoms. The van der Waals surface area contributed by atoms with E-state index in [-0.39, 0.29) is 0 Å². The van der Waals surface area contributed by atoms with Crippen LogP contribution in [0.25, 0.3) is 0 Å². The molecule has 0 heterocycles. The van der Waals surface area contributed by atoms with Gasteiger partial charge in [0.15, 0.2) is 0 Å². The molecule has 0 aromatic heterocycles. The Bertz CT molecular complexity index is 233. The molecular formula is C16H31NS2. The Kier molecular flexibility index (Phi) is 16.5. The summed E-state index contributed by atoms with van der Waals surface area (Å²) in [7, 11) is 0. The van der Waals surface area contributed by atoms with Gasteiger partial charge in [0.1, 0.15) is 0 Å². The van der Waals surface area contributed by atoms with E-state index in [1.165, 1.54) is 58.0 Å². The van der Waals surface area contributed by atoms with Gasteiger partial charge in [-0.3, -0.25) is 4.90 Å². The van der Waals surface area contributed by atoms with Crippen molar-refractivity contribution >= 4 is 24.4 Å². The molecule has 0 rings (SSSR count). The molecule has 0 saturated carbocycles. The molecule has 0 fully saturated rings.